The first kappa shape index (κ1) is 14.5. The van der Waals surface area contributed by atoms with Crippen LogP contribution in [0, 0.1) is 12.8 Å². The minimum Gasteiger partial charge on any atom is -0.372 e. The van der Waals surface area contributed by atoms with Gasteiger partial charge in [-0.15, -0.1) is 0 Å². The number of nitrogens with one attached hydrogen (secondary N) is 1. The summed E-state index contributed by atoms with van der Waals surface area (Å²) in [6.45, 7) is 10.5. The maximum Gasteiger partial charge on any atom is 0.0949 e. The largest absolute Gasteiger partial charge is 0.372 e. The van der Waals surface area contributed by atoms with Crippen molar-refractivity contribution in [1.82, 2.24) is 5.32 Å². The molecule has 19 heavy (non-hydrogen) atoms. The van der Waals surface area contributed by atoms with Gasteiger partial charge in [-0.3, -0.25) is 0 Å². The van der Waals surface area contributed by atoms with Crippen LogP contribution in [0.3, 0.4) is 0 Å². The second kappa shape index (κ2) is 6.06. The number of ether oxygens (including phenoxy) is 1. The molecule has 1 unspecified atom stereocenters. The van der Waals surface area contributed by atoms with Gasteiger partial charge in [0.2, 0.25) is 0 Å². The summed E-state index contributed by atoms with van der Waals surface area (Å²) in [6, 6.07) is 8.72. The van der Waals surface area contributed by atoms with Crippen LogP contribution in [0.2, 0.25) is 0 Å². The van der Waals surface area contributed by atoms with Gasteiger partial charge >= 0.3 is 0 Å². The van der Waals surface area contributed by atoms with Crippen molar-refractivity contribution in [2.75, 3.05) is 13.2 Å². The summed E-state index contributed by atoms with van der Waals surface area (Å²) < 4.78 is 6.12. The van der Waals surface area contributed by atoms with Gasteiger partial charge in [0.25, 0.3) is 0 Å². The first-order chi connectivity index (χ1) is 8.94. The maximum atomic E-state index is 6.12. The summed E-state index contributed by atoms with van der Waals surface area (Å²) in [6.07, 6.45) is 2.85. The van der Waals surface area contributed by atoms with Gasteiger partial charge in [-0.2, -0.15) is 0 Å². The van der Waals surface area contributed by atoms with Gasteiger partial charge in [-0.1, -0.05) is 29.8 Å². The Bertz CT molecular complexity index is 387. The second-order valence-corrected chi connectivity index (χ2v) is 6.81. The fourth-order valence-corrected chi connectivity index (χ4v) is 1.99. The number of benzene rings is 1. The molecular formula is C17H27NO. The van der Waals surface area contributed by atoms with Gasteiger partial charge in [0, 0.05) is 12.1 Å². The zero-order chi connectivity index (χ0) is 13.9. The van der Waals surface area contributed by atoms with E-state index in [0.29, 0.717) is 0 Å². The number of aryl methyl sites for hydroxylation is 1. The lowest BCUT2D eigenvalue weighted by molar-refractivity contribution is 0.0412. The molecule has 2 nitrogen and oxygen atoms in total. The SMILES string of the molecule is Cc1ccc(C(CNC(C)(C)C)OCC2CC2)cc1. The van der Waals surface area contributed by atoms with Crippen molar-refractivity contribution >= 4 is 0 Å². The van der Waals surface area contributed by atoms with E-state index in [1.165, 1.54) is 24.0 Å². The minimum atomic E-state index is 0.131. The van der Waals surface area contributed by atoms with E-state index in [2.05, 4.69) is 57.3 Å². The van der Waals surface area contributed by atoms with Crippen molar-refractivity contribution in [3.8, 4) is 0 Å². The van der Waals surface area contributed by atoms with Crippen LogP contribution in [0.25, 0.3) is 0 Å². The van der Waals surface area contributed by atoms with E-state index in [0.717, 1.165) is 19.1 Å². The van der Waals surface area contributed by atoms with Gasteiger partial charge in [0.05, 0.1) is 12.7 Å². The molecule has 0 radical (unpaired) electrons. The third-order valence-electron chi connectivity index (χ3n) is 3.50. The number of rotatable bonds is 6. The van der Waals surface area contributed by atoms with E-state index in [-0.39, 0.29) is 11.6 Å². The summed E-state index contributed by atoms with van der Waals surface area (Å²) in [7, 11) is 0. The number of hydrogen-bond donors (Lipinski definition) is 1. The van der Waals surface area contributed by atoms with Crippen LogP contribution in [0.15, 0.2) is 24.3 Å². The predicted octanol–water partition coefficient (Wildman–Crippen LogP) is 3.85. The van der Waals surface area contributed by atoms with Gasteiger partial charge < -0.3 is 10.1 Å². The number of hydrogen-bond acceptors (Lipinski definition) is 2. The fourth-order valence-electron chi connectivity index (χ4n) is 1.99. The average Bonchev–Trinajstić information content (AvgIpc) is 3.13. The lowest BCUT2D eigenvalue weighted by Crippen LogP contribution is -2.39. The van der Waals surface area contributed by atoms with Gasteiger partial charge in [-0.25, -0.2) is 0 Å². The zero-order valence-corrected chi connectivity index (χ0v) is 12.7. The Hall–Kier alpha value is -0.860. The Morgan fingerprint density at radius 1 is 1.21 bits per heavy atom. The molecule has 0 spiro atoms. The molecule has 0 amide bonds. The van der Waals surface area contributed by atoms with Crippen molar-refractivity contribution in [2.45, 2.75) is 52.2 Å². The maximum absolute atomic E-state index is 6.12. The average molecular weight is 261 g/mol. The zero-order valence-electron chi connectivity index (χ0n) is 12.7. The first-order valence-electron chi connectivity index (χ1n) is 7.37. The molecule has 1 aromatic carbocycles. The molecule has 1 N–H and O–H groups in total. The molecule has 1 atom stereocenters. The van der Waals surface area contributed by atoms with Gasteiger partial charge in [0.1, 0.15) is 0 Å². The molecule has 1 aliphatic rings. The van der Waals surface area contributed by atoms with Crippen LogP contribution in [0.1, 0.15) is 50.8 Å². The molecule has 1 aliphatic carbocycles. The molecule has 2 rings (SSSR count). The van der Waals surface area contributed by atoms with E-state index in [4.69, 9.17) is 4.74 Å². The monoisotopic (exact) mass is 261 g/mol. The molecule has 1 saturated carbocycles. The summed E-state index contributed by atoms with van der Waals surface area (Å²) in [5.74, 6) is 0.808. The summed E-state index contributed by atoms with van der Waals surface area (Å²) in [5.41, 5.74) is 2.71. The molecule has 0 heterocycles. The Balaban J connectivity index is 1.97. The highest BCUT2D eigenvalue weighted by molar-refractivity contribution is 5.23. The molecule has 106 valence electrons. The Kier molecular flexibility index (Phi) is 4.64. The lowest BCUT2D eigenvalue weighted by atomic mass is 10.0. The molecule has 0 bridgehead atoms. The fraction of sp³-hybridized carbons (Fsp3) is 0.647. The summed E-state index contributed by atoms with van der Waals surface area (Å²) in [5, 5.41) is 3.55. The highest BCUT2D eigenvalue weighted by atomic mass is 16.5. The predicted molar refractivity (Wildman–Crippen MR) is 80.4 cm³/mol. The highest BCUT2D eigenvalue weighted by Crippen LogP contribution is 2.31. The molecule has 0 saturated heterocycles. The van der Waals surface area contributed by atoms with Crippen LogP contribution >= 0.6 is 0 Å². The molecule has 0 aromatic heterocycles. The minimum absolute atomic E-state index is 0.131. The molecule has 1 aromatic rings. The lowest BCUT2D eigenvalue weighted by Gasteiger charge is -2.26. The molecule has 0 aliphatic heterocycles. The van der Waals surface area contributed by atoms with Crippen molar-refractivity contribution in [3.05, 3.63) is 35.4 Å². The Morgan fingerprint density at radius 2 is 1.84 bits per heavy atom. The standard InChI is InChI=1S/C17H27NO/c1-13-5-9-15(10-6-13)16(11-18-17(2,3)4)19-12-14-7-8-14/h5-6,9-10,14,16,18H,7-8,11-12H2,1-4H3. The van der Waals surface area contributed by atoms with E-state index in [1.807, 2.05) is 0 Å². The molecular weight excluding hydrogens is 234 g/mol. The molecule has 1 fully saturated rings. The van der Waals surface area contributed by atoms with Crippen molar-refractivity contribution in [2.24, 2.45) is 5.92 Å². The van der Waals surface area contributed by atoms with Gasteiger partial charge in [0.15, 0.2) is 0 Å². The van der Waals surface area contributed by atoms with Crippen LogP contribution in [-0.4, -0.2) is 18.7 Å². The normalized spacial score (nSPS) is 17.5. The second-order valence-electron chi connectivity index (χ2n) is 6.81. The topological polar surface area (TPSA) is 21.3 Å². The smallest absolute Gasteiger partial charge is 0.0949 e. The van der Waals surface area contributed by atoms with E-state index in [9.17, 15) is 0 Å². The summed E-state index contributed by atoms with van der Waals surface area (Å²) in [4.78, 5) is 0. The summed E-state index contributed by atoms with van der Waals surface area (Å²) >= 11 is 0. The van der Waals surface area contributed by atoms with Crippen LogP contribution in [-0.2, 0) is 4.74 Å². The van der Waals surface area contributed by atoms with Crippen molar-refractivity contribution in [3.63, 3.8) is 0 Å². The Morgan fingerprint density at radius 3 is 2.37 bits per heavy atom. The van der Waals surface area contributed by atoms with Crippen molar-refractivity contribution in [1.29, 1.82) is 0 Å². The third-order valence-corrected chi connectivity index (χ3v) is 3.50. The molecule has 2 heteroatoms. The highest BCUT2D eigenvalue weighted by Gasteiger charge is 2.24. The van der Waals surface area contributed by atoms with Crippen LogP contribution in [0.4, 0.5) is 0 Å². The van der Waals surface area contributed by atoms with Gasteiger partial charge in [-0.05, 0) is 52.0 Å². The Labute approximate surface area is 117 Å². The van der Waals surface area contributed by atoms with E-state index in [1.54, 1.807) is 0 Å². The van der Waals surface area contributed by atoms with E-state index >= 15 is 0 Å². The first-order valence-corrected chi connectivity index (χ1v) is 7.37. The van der Waals surface area contributed by atoms with Crippen LogP contribution in [0.5, 0.6) is 0 Å². The van der Waals surface area contributed by atoms with Crippen LogP contribution < -0.4 is 5.32 Å². The van der Waals surface area contributed by atoms with Crippen molar-refractivity contribution < 1.29 is 4.74 Å². The third kappa shape index (κ3) is 5.33. The quantitative estimate of drug-likeness (QED) is 0.840. The van der Waals surface area contributed by atoms with E-state index < -0.39 is 0 Å².